The lowest BCUT2D eigenvalue weighted by Gasteiger charge is -2.30. The quantitative estimate of drug-likeness (QED) is 0.220. The van der Waals surface area contributed by atoms with E-state index in [1.807, 2.05) is 13.8 Å². The van der Waals surface area contributed by atoms with Gasteiger partial charge in [-0.15, -0.1) is 0 Å². The van der Waals surface area contributed by atoms with Crippen LogP contribution in [0.2, 0.25) is 0 Å². The maximum absolute atomic E-state index is 13.1. The lowest BCUT2D eigenvalue weighted by Crippen LogP contribution is -2.50. The van der Waals surface area contributed by atoms with Crippen molar-refractivity contribution in [3.63, 3.8) is 0 Å². The fourth-order valence-corrected chi connectivity index (χ4v) is 3.38. The highest BCUT2D eigenvalue weighted by molar-refractivity contribution is 5.97. The van der Waals surface area contributed by atoms with E-state index in [0.717, 1.165) is 0 Å². The third-order valence-corrected chi connectivity index (χ3v) is 5.07. The van der Waals surface area contributed by atoms with Gasteiger partial charge in [0.1, 0.15) is 13.1 Å². The summed E-state index contributed by atoms with van der Waals surface area (Å²) >= 11 is 0. The number of carbonyl (C=O) groups is 5. The minimum absolute atomic E-state index is 0.0678. The van der Waals surface area contributed by atoms with Crippen molar-refractivity contribution in [2.45, 2.75) is 20.3 Å². The zero-order chi connectivity index (χ0) is 27.1. The standard InChI is InChI=1S/C24H37N5O7/c1-18(2)15-29(24(36)19-6-4-3-5-7-19)17-22(33)28(11-9-25)16-21(32)27(12-13-30)10-8-20(31)26-14-23(34)35/h3-7,18,30H,8-17,25H2,1-2H3,(H,26,31)(H,34,35). The van der Waals surface area contributed by atoms with Crippen LogP contribution in [0.1, 0.15) is 30.6 Å². The van der Waals surface area contributed by atoms with E-state index in [1.165, 1.54) is 14.7 Å². The number of benzene rings is 1. The summed E-state index contributed by atoms with van der Waals surface area (Å²) in [5, 5.41) is 20.2. The number of nitrogens with one attached hydrogen (secondary N) is 1. The van der Waals surface area contributed by atoms with Crippen LogP contribution in [-0.4, -0.2) is 113 Å². The van der Waals surface area contributed by atoms with Crippen LogP contribution in [0, 0.1) is 5.92 Å². The average Bonchev–Trinajstić information content (AvgIpc) is 2.84. The number of carboxylic acids is 1. The Bertz CT molecular complexity index is 879. The number of carboxylic acid groups (broad SMARTS) is 1. The molecule has 0 saturated heterocycles. The van der Waals surface area contributed by atoms with Gasteiger partial charge >= 0.3 is 5.97 Å². The second kappa shape index (κ2) is 16.2. The molecule has 0 bridgehead atoms. The molecule has 0 aliphatic carbocycles. The Balaban J connectivity index is 2.89. The number of amides is 4. The smallest absolute Gasteiger partial charge is 0.322 e. The van der Waals surface area contributed by atoms with Crippen molar-refractivity contribution in [1.29, 1.82) is 0 Å². The van der Waals surface area contributed by atoms with Crippen LogP contribution in [0.25, 0.3) is 0 Å². The Hall–Kier alpha value is -3.51. The number of aliphatic hydroxyl groups excluding tert-OH is 1. The topological polar surface area (TPSA) is 174 Å². The van der Waals surface area contributed by atoms with E-state index in [1.54, 1.807) is 30.3 Å². The molecule has 0 atom stereocenters. The largest absolute Gasteiger partial charge is 0.480 e. The molecule has 12 nitrogen and oxygen atoms in total. The minimum Gasteiger partial charge on any atom is -0.480 e. The predicted octanol–water partition coefficient (Wildman–Crippen LogP) is -1.02. The number of nitrogens with zero attached hydrogens (tertiary/aromatic N) is 3. The molecular weight excluding hydrogens is 470 g/mol. The van der Waals surface area contributed by atoms with Gasteiger partial charge in [-0.25, -0.2) is 0 Å². The molecule has 0 fully saturated rings. The van der Waals surface area contributed by atoms with E-state index in [-0.39, 0.29) is 64.1 Å². The third kappa shape index (κ3) is 11.3. The van der Waals surface area contributed by atoms with Crippen molar-refractivity contribution >= 4 is 29.6 Å². The minimum atomic E-state index is -1.19. The van der Waals surface area contributed by atoms with Gasteiger partial charge in [-0.05, 0) is 18.1 Å². The lowest BCUT2D eigenvalue weighted by molar-refractivity contribution is -0.141. The van der Waals surface area contributed by atoms with Crippen molar-refractivity contribution in [3.05, 3.63) is 35.9 Å². The predicted molar refractivity (Wildman–Crippen MR) is 132 cm³/mol. The molecule has 0 unspecified atom stereocenters. The van der Waals surface area contributed by atoms with E-state index in [4.69, 9.17) is 10.8 Å². The molecule has 0 spiro atoms. The van der Waals surface area contributed by atoms with Crippen molar-refractivity contribution in [2.75, 3.05) is 59.0 Å². The first-order valence-corrected chi connectivity index (χ1v) is 11.8. The summed E-state index contributed by atoms with van der Waals surface area (Å²) < 4.78 is 0. The fraction of sp³-hybridized carbons (Fsp3) is 0.542. The highest BCUT2D eigenvalue weighted by atomic mass is 16.4. The summed E-state index contributed by atoms with van der Waals surface area (Å²) in [6.45, 7) is 2.74. The number of nitrogens with two attached hydrogens (primary N) is 1. The molecule has 1 rings (SSSR count). The van der Waals surface area contributed by atoms with Crippen LogP contribution < -0.4 is 11.1 Å². The Morgan fingerprint density at radius 2 is 1.53 bits per heavy atom. The fourth-order valence-electron chi connectivity index (χ4n) is 3.38. The number of aliphatic hydroxyl groups is 1. The van der Waals surface area contributed by atoms with E-state index in [9.17, 15) is 29.1 Å². The van der Waals surface area contributed by atoms with Crippen molar-refractivity contribution in [1.82, 2.24) is 20.0 Å². The first kappa shape index (κ1) is 30.5. The second-order valence-corrected chi connectivity index (χ2v) is 8.57. The molecule has 5 N–H and O–H groups in total. The molecule has 0 saturated carbocycles. The summed E-state index contributed by atoms with van der Waals surface area (Å²) in [5.41, 5.74) is 6.10. The van der Waals surface area contributed by atoms with E-state index >= 15 is 0 Å². The number of carbonyl (C=O) groups excluding carboxylic acids is 4. The summed E-state index contributed by atoms with van der Waals surface area (Å²) in [6, 6.07) is 8.60. The lowest BCUT2D eigenvalue weighted by atomic mass is 10.1. The van der Waals surface area contributed by atoms with Crippen LogP contribution in [0.3, 0.4) is 0 Å². The highest BCUT2D eigenvalue weighted by Gasteiger charge is 2.25. The molecule has 12 heteroatoms. The second-order valence-electron chi connectivity index (χ2n) is 8.57. The summed E-state index contributed by atoms with van der Waals surface area (Å²) in [7, 11) is 0. The molecule has 1 aromatic rings. The van der Waals surface area contributed by atoms with Gasteiger partial charge in [-0.2, -0.15) is 0 Å². The van der Waals surface area contributed by atoms with Crippen LogP contribution in [0.5, 0.6) is 0 Å². The van der Waals surface area contributed by atoms with Gasteiger partial charge in [0.05, 0.1) is 13.2 Å². The van der Waals surface area contributed by atoms with Gasteiger partial charge < -0.3 is 36.0 Å². The Morgan fingerprint density at radius 3 is 2.08 bits per heavy atom. The molecule has 4 amide bonds. The molecule has 1 aromatic carbocycles. The van der Waals surface area contributed by atoms with Gasteiger partial charge in [0.15, 0.2) is 0 Å². The zero-order valence-corrected chi connectivity index (χ0v) is 20.9. The Labute approximate surface area is 211 Å². The van der Waals surface area contributed by atoms with Crippen molar-refractivity contribution < 1.29 is 34.2 Å². The number of aliphatic carboxylic acids is 1. The number of hydrogen-bond acceptors (Lipinski definition) is 7. The molecule has 0 radical (unpaired) electrons. The maximum Gasteiger partial charge on any atom is 0.322 e. The van der Waals surface area contributed by atoms with E-state index < -0.39 is 30.2 Å². The third-order valence-electron chi connectivity index (χ3n) is 5.07. The molecule has 200 valence electrons. The molecule has 0 aromatic heterocycles. The van der Waals surface area contributed by atoms with Crippen LogP contribution >= 0.6 is 0 Å². The molecule has 0 aliphatic heterocycles. The van der Waals surface area contributed by atoms with E-state index in [2.05, 4.69) is 5.32 Å². The highest BCUT2D eigenvalue weighted by Crippen LogP contribution is 2.09. The maximum atomic E-state index is 13.1. The molecular formula is C24H37N5O7. The normalized spacial score (nSPS) is 10.6. The van der Waals surface area contributed by atoms with Gasteiger partial charge in [0, 0.05) is 44.7 Å². The zero-order valence-electron chi connectivity index (χ0n) is 20.9. The van der Waals surface area contributed by atoms with Gasteiger partial charge in [0.2, 0.25) is 17.7 Å². The van der Waals surface area contributed by atoms with Crippen LogP contribution in [-0.2, 0) is 19.2 Å². The van der Waals surface area contributed by atoms with E-state index in [0.29, 0.717) is 12.1 Å². The van der Waals surface area contributed by atoms with Crippen LogP contribution in [0.4, 0.5) is 0 Å². The SMILES string of the molecule is CC(C)CN(CC(=O)N(CCN)CC(=O)N(CCO)CCC(=O)NCC(=O)O)C(=O)c1ccccc1. The summed E-state index contributed by atoms with van der Waals surface area (Å²) in [6.07, 6.45) is -0.169. The first-order valence-electron chi connectivity index (χ1n) is 11.8. The van der Waals surface area contributed by atoms with Crippen molar-refractivity contribution in [3.8, 4) is 0 Å². The first-order chi connectivity index (χ1) is 17.1. The van der Waals surface area contributed by atoms with Crippen LogP contribution in [0.15, 0.2) is 30.3 Å². The molecule has 36 heavy (non-hydrogen) atoms. The number of hydrogen-bond donors (Lipinski definition) is 4. The van der Waals surface area contributed by atoms with Gasteiger partial charge in [-0.3, -0.25) is 24.0 Å². The van der Waals surface area contributed by atoms with Gasteiger partial charge in [-0.1, -0.05) is 32.0 Å². The average molecular weight is 508 g/mol. The molecule has 0 aliphatic rings. The summed E-state index contributed by atoms with van der Waals surface area (Å²) in [5.74, 6) is -2.93. The number of rotatable bonds is 16. The monoisotopic (exact) mass is 507 g/mol. The van der Waals surface area contributed by atoms with Crippen molar-refractivity contribution in [2.24, 2.45) is 11.7 Å². The Kier molecular flexibility index (Phi) is 13.7. The molecule has 0 heterocycles. The summed E-state index contributed by atoms with van der Waals surface area (Å²) in [4.78, 5) is 65.3. The van der Waals surface area contributed by atoms with Gasteiger partial charge in [0.25, 0.3) is 5.91 Å². The Morgan fingerprint density at radius 1 is 0.917 bits per heavy atom.